The Hall–Kier alpha value is -6.36. The molecule has 5 aromatic rings. The number of ether oxygens (including phenoxy) is 2. The molecule has 0 radical (unpaired) electrons. The van der Waals surface area contributed by atoms with E-state index in [-0.39, 0.29) is 17.4 Å². The number of carbonyl (C=O) groups is 4. The highest BCUT2D eigenvalue weighted by Gasteiger charge is 2.30. The fourth-order valence-electron chi connectivity index (χ4n) is 5.78. The number of hydrogen-bond acceptors (Lipinski definition) is 9. The van der Waals surface area contributed by atoms with E-state index >= 15 is 0 Å². The molecule has 4 amide bonds. The average Bonchev–Trinajstić information content (AvgIpc) is 3.55. The normalized spacial score (nSPS) is 12.5. The van der Waals surface area contributed by atoms with Gasteiger partial charge in [-0.15, -0.1) is 23.1 Å². The van der Waals surface area contributed by atoms with Gasteiger partial charge in [-0.3, -0.25) is 14.4 Å². The Morgan fingerprint density at radius 2 is 1.63 bits per heavy atom. The number of carbonyl (C=O) groups excluding carboxylic acids is 4. The van der Waals surface area contributed by atoms with Gasteiger partial charge in [-0.2, -0.15) is 5.26 Å². The number of amides is 4. The number of nitrogens with zero attached hydrogens (tertiary/aromatic N) is 2. The van der Waals surface area contributed by atoms with Crippen LogP contribution in [0, 0.1) is 11.3 Å². The number of nitrogens with one attached hydrogen (secondary N) is 3. The summed E-state index contributed by atoms with van der Waals surface area (Å²) in [6.07, 6.45) is 1.66. The fourth-order valence-corrected chi connectivity index (χ4v) is 7.76. The van der Waals surface area contributed by atoms with Gasteiger partial charge < -0.3 is 30.3 Å². The standard InChI is InChI=1S/C44H41N5O6S2/c1-44(2,3)55-43(53)49-22-21-35-36(25-45)42(57-38(35)26-49)48-39(50)28-56-34-16-10-15-32(24-34)46-41(52)37(47-40(51)31-13-8-5-9-14-31)23-29-17-19-33(20-18-29)54-27-30-11-6-4-7-12-30/h4-20,23-24H,21-22,26-28H2,1-3H3,(H,46,52)(H,47,51)(H,48,50)/b37-23+. The highest BCUT2D eigenvalue weighted by molar-refractivity contribution is 8.00. The minimum absolute atomic E-state index is 0.0281. The van der Waals surface area contributed by atoms with E-state index in [2.05, 4.69) is 22.0 Å². The van der Waals surface area contributed by atoms with Crippen LogP contribution in [0.15, 0.2) is 120 Å². The molecule has 1 aliphatic rings. The summed E-state index contributed by atoms with van der Waals surface area (Å²) < 4.78 is 11.4. The SMILES string of the molecule is CC(C)(C)OC(=O)N1CCc2c(sc(NC(=O)CSc3cccc(NC(=O)/C(=C\c4ccc(OCc5ccccc5)cc4)NC(=O)c4ccccc4)c3)c2C#N)C1. The van der Waals surface area contributed by atoms with E-state index in [1.165, 1.54) is 23.1 Å². The van der Waals surface area contributed by atoms with Crippen LogP contribution in [-0.4, -0.2) is 46.6 Å². The molecular formula is C44H41N5O6S2. The van der Waals surface area contributed by atoms with E-state index in [0.717, 1.165) is 16.0 Å². The van der Waals surface area contributed by atoms with Crippen LogP contribution < -0.4 is 20.7 Å². The van der Waals surface area contributed by atoms with Crippen molar-refractivity contribution in [2.24, 2.45) is 0 Å². The smallest absolute Gasteiger partial charge is 0.410 e. The molecule has 0 aliphatic carbocycles. The number of nitriles is 1. The monoisotopic (exact) mass is 799 g/mol. The summed E-state index contributed by atoms with van der Waals surface area (Å²) in [6.45, 7) is 6.56. The van der Waals surface area contributed by atoms with Gasteiger partial charge in [-0.1, -0.05) is 66.7 Å². The van der Waals surface area contributed by atoms with Crippen molar-refractivity contribution in [1.29, 1.82) is 5.26 Å². The molecule has 11 nitrogen and oxygen atoms in total. The summed E-state index contributed by atoms with van der Waals surface area (Å²) in [6, 6.07) is 34.9. The fraction of sp³-hybridized carbons (Fsp3) is 0.205. The number of thioether (sulfide) groups is 1. The van der Waals surface area contributed by atoms with Gasteiger partial charge >= 0.3 is 6.09 Å². The van der Waals surface area contributed by atoms with E-state index < -0.39 is 23.5 Å². The highest BCUT2D eigenvalue weighted by atomic mass is 32.2. The molecular weight excluding hydrogens is 759 g/mol. The summed E-state index contributed by atoms with van der Waals surface area (Å²) in [5.41, 5.74) is 3.22. The Kier molecular flexibility index (Phi) is 13.1. The van der Waals surface area contributed by atoms with Crippen molar-refractivity contribution in [1.82, 2.24) is 10.2 Å². The van der Waals surface area contributed by atoms with Crippen LogP contribution in [0.4, 0.5) is 15.5 Å². The quantitative estimate of drug-likeness (QED) is 0.0839. The second-order valence-corrected chi connectivity index (χ2v) is 16.2. The molecule has 0 fully saturated rings. The van der Waals surface area contributed by atoms with Gasteiger partial charge in [0.2, 0.25) is 5.91 Å². The van der Waals surface area contributed by atoms with Crippen molar-refractivity contribution in [2.75, 3.05) is 22.9 Å². The topological polar surface area (TPSA) is 150 Å². The molecule has 4 aromatic carbocycles. The summed E-state index contributed by atoms with van der Waals surface area (Å²) in [7, 11) is 0. The lowest BCUT2D eigenvalue weighted by Crippen LogP contribution is -2.39. The first-order chi connectivity index (χ1) is 27.4. The Balaban J connectivity index is 1.09. The number of thiophene rings is 1. The molecule has 0 saturated heterocycles. The second kappa shape index (κ2) is 18.5. The van der Waals surface area contributed by atoms with Gasteiger partial charge in [-0.25, -0.2) is 4.79 Å². The van der Waals surface area contributed by atoms with Gasteiger partial charge in [0.05, 0.1) is 17.9 Å². The maximum Gasteiger partial charge on any atom is 0.410 e. The number of hydrogen-bond donors (Lipinski definition) is 3. The van der Waals surface area contributed by atoms with Crippen molar-refractivity contribution >= 4 is 63.7 Å². The molecule has 0 unspecified atom stereocenters. The molecule has 13 heteroatoms. The summed E-state index contributed by atoms with van der Waals surface area (Å²) >= 11 is 2.55. The van der Waals surface area contributed by atoms with Crippen molar-refractivity contribution in [3.05, 3.63) is 148 Å². The largest absolute Gasteiger partial charge is 0.489 e. The van der Waals surface area contributed by atoms with Crippen molar-refractivity contribution in [3.63, 3.8) is 0 Å². The molecule has 3 N–H and O–H groups in total. The molecule has 2 heterocycles. The van der Waals surface area contributed by atoms with E-state index in [1.54, 1.807) is 83.8 Å². The molecule has 0 atom stereocenters. The molecule has 290 valence electrons. The molecule has 57 heavy (non-hydrogen) atoms. The summed E-state index contributed by atoms with van der Waals surface area (Å²) in [4.78, 5) is 55.8. The van der Waals surface area contributed by atoms with Crippen LogP contribution in [0.25, 0.3) is 6.08 Å². The number of rotatable bonds is 12. The molecule has 0 bridgehead atoms. The second-order valence-electron chi connectivity index (χ2n) is 14.0. The Morgan fingerprint density at radius 3 is 2.33 bits per heavy atom. The zero-order valence-corrected chi connectivity index (χ0v) is 33.3. The number of fused-ring (bicyclic) bond motifs is 1. The molecule has 1 aliphatic heterocycles. The maximum atomic E-state index is 13.7. The predicted octanol–water partition coefficient (Wildman–Crippen LogP) is 8.63. The first kappa shape index (κ1) is 40.3. The Morgan fingerprint density at radius 1 is 0.912 bits per heavy atom. The first-order valence-electron chi connectivity index (χ1n) is 18.2. The highest BCUT2D eigenvalue weighted by Crippen LogP contribution is 2.37. The average molecular weight is 800 g/mol. The third kappa shape index (κ3) is 11.3. The molecule has 1 aromatic heterocycles. The lowest BCUT2D eigenvalue weighted by Gasteiger charge is -2.29. The Labute approximate surface area is 339 Å². The first-order valence-corrected chi connectivity index (χ1v) is 20.0. The molecule has 0 saturated carbocycles. The molecule has 6 rings (SSSR count). The Bertz CT molecular complexity index is 2310. The zero-order valence-electron chi connectivity index (χ0n) is 31.7. The minimum atomic E-state index is -0.625. The van der Waals surface area contributed by atoms with Crippen molar-refractivity contribution in [2.45, 2.75) is 50.8 Å². The maximum absolute atomic E-state index is 13.7. The van der Waals surface area contributed by atoms with Gasteiger partial charge in [0.25, 0.3) is 11.8 Å². The van der Waals surface area contributed by atoms with E-state index in [9.17, 15) is 24.4 Å². The van der Waals surface area contributed by atoms with E-state index in [4.69, 9.17) is 9.47 Å². The van der Waals surface area contributed by atoms with Crippen LogP contribution in [0.2, 0.25) is 0 Å². The van der Waals surface area contributed by atoms with Gasteiger partial charge in [0, 0.05) is 27.6 Å². The van der Waals surface area contributed by atoms with Crippen LogP contribution in [-0.2, 0) is 33.9 Å². The lowest BCUT2D eigenvalue weighted by molar-refractivity contribution is -0.114. The van der Waals surface area contributed by atoms with Crippen molar-refractivity contribution in [3.8, 4) is 11.8 Å². The zero-order chi connectivity index (χ0) is 40.4. The predicted molar refractivity (Wildman–Crippen MR) is 223 cm³/mol. The van der Waals surface area contributed by atoms with Crippen LogP contribution in [0.1, 0.15) is 58.3 Å². The number of benzene rings is 4. The van der Waals surface area contributed by atoms with Crippen LogP contribution in [0.3, 0.4) is 0 Å². The minimum Gasteiger partial charge on any atom is -0.489 e. The lowest BCUT2D eigenvalue weighted by atomic mass is 10.0. The van der Waals surface area contributed by atoms with E-state index in [1.807, 2.05) is 57.2 Å². The third-order valence-electron chi connectivity index (χ3n) is 8.50. The van der Waals surface area contributed by atoms with Crippen molar-refractivity contribution < 1.29 is 28.7 Å². The number of anilines is 2. The summed E-state index contributed by atoms with van der Waals surface area (Å²) in [5, 5.41) is 18.9. The molecule has 0 spiro atoms. The van der Waals surface area contributed by atoms with Gasteiger partial charge in [0.1, 0.15) is 34.7 Å². The summed E-state index contributed by atoms with van der Waals surface area (Å²) in [5.74, 6) is -0.594. The van der Waals surface area contributed by atoms with E-state index in [0.29, 0.717) is 64.1 Å². The van der Waals surface area contributed by atoms with Crippen LogP contribution >= 0.6 is 23.1 Å². The van der Waals surface area contributed by atoms with Gasteiger partial charge in [0.15, 0.2) is 0 Å². The third-order valence-corrected chi connectivity index (χ3v) is 10.6. The van der Waals surface area contributed by atoms with Crippen LogP contribution in [0.5, 0.6) is 5.75 Å². The van der Waals surface area contributed by atoms with Gasteiger partial charge in [-0.05, 0) is 92.4 Å².